The lowest BCUT2D eigenvalue weighted by Gasteiger charge is -2.10. The minimum atomic E-state index is -3.36. The Morgan fingerprint density at radius 3 is 3.00 bits per heavy atom. The number of pyridine rings is 1. The first kappa shape index (κ1) is 17.6. The van der Waals surface area contributed by atoms with Gasteiger partial charge in [0.15, 0.2) is 0 Å². The van der Waals surface area contributed by atoms with Crippen LogP contribution in [-0.4, -0.2) is 45.9 Å². The van der Waals surface area contributed by atoms with Crippen LogP contribution < -0.4 is 4.72 Å². The van der Waals surface area contributed by atoms with Crippen molar-refractivity contribution in [3.05, 3.63) is 29.0 Å². The van der Waals surface area contributed by atoms with E-state index in [2.05, 4.69) is 9.71 Å². The smallest absolute Gasteiger partial charge is 0.215 e. The maximum atomic E-state index is 11.9. The second-order valence-corrected chi connectivity index (χ2v) is 7.40. The van der Waals surface area contributed by atoms with Gasteiger partial charge in [0.05, 0.1) is 18.5 Å². The molecule has 1 aromatic rings. The summed E-state index contributed by atoms with van der Waals surface area (Å²) < 4.78 is 37.3. The number of nitrogens with one attached hydrogen (secondary N) is 1. The largest absolute Gasteiger partial charge is 0.379 e. The predicted molar refractivity (Wildman–Crippen MR) is 84.3 cm³/mol. The zero-order chi connectivity index (χ0) is 15.8. The van der Waals surface area contributed by atoms with Gasteiger partial charge in [0, 0.05) is 26.0 Å². The SMILES string of the molecule is O=S(=O)(Cc1ccc(Cl)nc1)NCCCOC[C@@H]1CCCO1. The van der Waals surface area contributed by atoms with Crippen molar-refractivity contribution in [3.63, 3.8) is 0 Å². The molecule has 124 valence electrons. The van der Waals surface area contributed by atoms with Crippen molar-refractivity contribution < 1.29 is 17.9 Å². The Morgan fingerprint density at radius 1 is 1.45 bits per heavy atom. The molecule has 0 saturated carbocycles. The topological polar surface area (TPSA) is 77.5 Å². The minimum absolute atomic E-state index is 0.103. The van der Waals surface area contributed by atoms with Crippen molar-refractivity contribution in [2.75, 3.05) is 26.4 Å². The van der Waals surface area contributed by atoms with E-state index in [9.17, 15) is 8.42 Å². The molecule has 1 N–H and O–H groups in total. The molecule has 0 radical (unpaired) electrons. The van der Waals surface area contributed by atoms with Gasteiger partial charge in [0.2, 0.25) is 10.0 Å². The van der Waals surface area contributed by atoms with E-state index in [1.807, 2.05) is 0 Å². The standard InChI is InChI=1S/C14H21ClN2O4S/c15-14-5-4-12(9-16-14)11-22(18,19)17-6-2-7-20-10-13-3-1-8-21-13/h4-5,9,13,17H,1-3,6-8,10-11H2/t13-/m0/s1. The molecule has 1 fully saturated rings. The highest BCUT2D eigenvalue weighted by molar-refractivity contribution is 7.88. The number of aromatic nitrogens is 1. The Kier molecular flexibility index (Phi) is 7.04. The van der Waals surface area contributed by atoms with Gasteiger partial charge in [0.1, 0.15) is 5.15 Å². The van der Waals surface area contributed by atoms with E-state index in [4.69, 9.17) is 21.1 Å². The van der Waals surface area contributed by atoms with Crippen LogP contribution in [0.3, 0.4) is 0 Å². The van der Waals surface area contributed by atoms with Crippen LogP contribution in [0.2, 0.25) is 5.15 Å². The molecule has 0 bridgehead atoms. The first-order valence-corrected chi connectivity index (χ1v) is 9.35. The molecular formula is C14H21ClN2O4S. The lowest BCUT2D eigenvalue weighted by Crippen LogP contribution is -2.27. The minimum Gasteiger partial charge on any atom is -0.379 e. The van der Waals surface area contributed by atoms with Crippen LogP contribution in [-0.2, 0) is 25.2 Å². The van der Waals surface area contributed by atoms with Gasteiger partial charge in [-0.15, -0.1) is 0 Å². The highest BCUT2D eigenvalue weighted by Crippen LogP contribution is 2.12. The van der Waals surface area contributed by atoms with E-state index >= 15 is 0 Å². The Bertz CT molecular complexity index is 544. The van der Waals surface area contributed by atoms with Crippen molar-refractivity contribution in [3.8, 4) is 0 Å². The summed E-state index contributed by atoms with van der Waals surface area (Å²) in [6.45, 7) is 2.27. The van der Waals surface area contributed by atoms with Gasteiger partial charge >= 0.3 is 0 Å². The third-order valence-corrected chi connectivity index (χ3v) is 4.84. The van der Waals surface area contributed by atoms with E-state index in [-0.39, 0.29) is 11.9 Å². The molecule has 0 spiro atoms. The summed E-state index contributed by atoms with van der Waals surface area (Å²) in [5.74, 6) is -0.103. The molecule has 1 aliphatic rings. The van der Waals surface area contributed by atoms with Crippen LogP contribution in [0.25, 0.3) is 0 Å². The van der Waals surface area contributed by atoms with Crippen molar-refractivity contribution in [1.29, 1.82) is 0 Å². The highest BCUT2D eigenvalue weighted by atomic mass is 35.5. The molecule has 0 aliphatic carbocycles. The zero-order valence-corrected chi connectivity index (χ0v) is 13.9. The number of halogens is 1. The average Bonchev–Trinajstić information content (AvgIpc) is 2.98. The Balaban J connectivity index is 1.59. The molecule has 0 amide bonds. The fourth-order valence-corrected chi connectivity index (χ4v) is 3.43. The van der Waals surface area contributed by atoms with Crippen molar-refractivity contribution in [2.45, 2.75) is 31.1 Å². The Hall–Kier alpha value is -0.730. The summed E-state index contributed by atoms with van der Waals surface area (Å²) in [7, 11) is -3.36. The highest BCUT2D eigenvalue weighted by Gasteiger charge is 2.15. The Morgan fingerprint density at radius 2 is 2.32 bits per heavy atom. The van der Waals surface area contributed by atoms with Gasteiger partial charge in [-0.25, -0.2) is 18.1 Å². The van der Waals surface area contributed by atoms with E-state index in [1.165, 1.54) is 6.20 Å². The van der Waals surface area contributed by atoms with E-state index in [0.29, 0.717) is 36.9 Å². The second kappa shape index (κ2) is 8.79. The van der Waals surface area contributed by atoms with Crippen LogP contribution in [0, 0.1) is 0 Å². The second-order valence-electron chi connectivity index (χ2n) is 5.21. The maximum absolute atomic E-state index is 11.9. The molecule has 1 atom stereocenters. The van der Waals surface area contributed by atoms with Gasteiger partial charge in [-0.3, -0.25) is 0 Å². The molecule has 1 aromatic heterocycles. The van der Waals surface area contributed by atoms with Crippen molar-refractivity contribution >= 4 is 21.6 Å². The third-order valence-electron chi connectivity index (χ3n) is 3.26. The van der Waals surface area contributed by atoms with Crippen molar-refractivity contribution in [2.24, 2.45) is 0 Å². The van der Waals surface area contributed by atoms with Crippen LogP contribution in [0.4, 0.5) is 0 Å². The summed E-state index contributed by atoms with van der Waals surface area (Å²) in [6.07, 6.45) is 4.43. The number of hydrogen-bond acceptors (Lipinski definition) is 5. The first-order valence-electron chi connectivity index (χ1n) is 7.32. The molecule has 6 nitrogen and oxygen atoms in total. The molecule has 2 rings (SSSR count). The first-order chi connectivity index (χ1) is 10.6. The van der Waals surface area contributed by atoms with E-state index in [1.54, 1.807) is 12.1 Å². The fourth-order valence-electron chi connectivity index (χ4n) is 2.15. The van der Waals surface area contributed by atoms with Crippen LogP contribution in [0.15, 0.2) is 18.3 Å². The number of rotatable bonds is 9. The lowest BCUT2D eigenvalue weighted by molar-refractivity contribution is 0.0169. The molecule has 1 saturated heterocycles. The van der Waals surface area contributed by atoms with Gasteiger partial charge in [-0.05, 0) is 30.9 Å². The van der Waals surface area contributed by atoms with Crippen LogP contribution >= 0.6 is 11.6 Å². The summed E-state index contributed by atoms with van der Waals surface area (Å²) in [6, 6.07) is 3.23. The molecule has 1 aliphatic heterocycles. The van der Waals surface area contributed by atoms with E-state index in [0.717, 1.165) is 19.4 Å². The maximum Gasteiger partial charge on any atom is 0.215 e. The normalized spacial score (nSPS) is 18.7. The van der Waals surface area contributed by atoms with Gasteiger partial charge in [0.25, 0.3) is 0 Å². The third kappa shape index (κ3) is 6.58. The zero-order valence-electron chi connectivity index (χ0n) is 12.3. The number of nitrogens with zero attached hydrogens (tertiary/aromatic N) is 1. The number of hydrogen-bond donors (Lipinski definition) is 1. The molecule has 0 aromatic carbocycles. The summed E-state index contributed by atoms with van der Waals surface area (Å²) in [4.78, 5) is 3.86. The Labute approximate surface area is 136 Å². The number of ether oxygens (including phenoxy) is 2. The lowest BCUT2D eigenvalue weighted by atomic mass is 10.2. The average molecular weight is 349 g/mol. The van der Waals surface area contributed by atoms with Crippen molar-refractivity contribution in [1.82, 2.24) is 9.71 Å². The fraction of sp³-hybridized carbons (Fsp3) is 0.643. The van der Waals surface area contributed by atoms with E-state index < -0.39 is 10.0 Å². The van der Waals surface area contributed by atoms with Gasteiger partial charge < -0.3 is 9.47 Å². The molecule has 22 heavy (non-hydrogen) atoms. The quantitative estimate of drug-likeness (QED) is 0.543. The summed E-state index contributed by atoms with van der Waals surface area (Å²) in [5, 5.41) is 0.345. The molecule has 2 heterocycles. The number of sulfonamides is 1. The molecule has 8 heteroatoms. The van der Waals surface area contributed by atoms with Gasteiger partial charge in [-0.2, -0.15) is 0 Å². The summed E-state index contributed by atoms with van der Waals surface area (Å²) in [5.41, 5.74) is 0.603. The molecular weight excluding hydrogens is 328 g/mol. The summed E-state index contributed by atoms with van der Waals surface area (Å²) >= 11 is 5.66. The van der Waals surface area contributed by atoms with Crippen LogP contribution in [0.5, 0.6) is 0 Å². The van der Waals surface area contributed by atoms with Gasteiger partial charge in [-0.1, -0.05) is 17.7 Å². The predicted octanol–water partition coefficient (Wildman–Crippen LogP) is 1.74. The monoisotopic (exact) mass is 348 g/mol. The van der Waals surface area contributed by atoms with Crippen LogP contribution in [0.1, 0.15) is 24.8 Å². The molecule has 0 unspecified atom stereocenters.